The quantitative estimate of drug-likeness (QED) is 0.828. The molecule has 1 aliphatic rings. The number of piperidine rings is 1. The molecule has 5 nitrogen and oxygen atoms in total. The number of rotatable bonds is 5. The van der Waals surface area contributed by atoms with Crippen molar-refractivity contribution in [1.82, 2.24) is 15.3 Å². The van der Waals surface area contributed by atoms with Gasteiger partial charge in [0.2, 0.25) is 5.88 Å². The lowest BCUT2D eigenvalue weighted by atomic mass is 10.0. The molecule has 1 aromatic rings. The van der Waals surface area contributed by atoms with Crippen molar-refractivity contribution in [3.8, 4) is 5.88 Å². The molecule has 2 heterocycles. The second kappa shape index (κ2) is 6.51. The standard InChI is InChI=1S/C12H19N3O2/c1-16-12-11(14-5-6-15-12)9-17-8-10-3-2-4-13-7-10/h5-6,10,13H,2-4,7-9H2,1H3/t10-/m1/s1. The molecule has 0 aromatic carbocycles. The molecule has 0 amide bonds. The highest BCUT2D eigenvalue weighted by Crippen LogP contribution is 2.14. The number of hydrogen-bond donors (Lipinski definition) is 1. The van der Waals surface area contributed by atoms with Crippen LogP contribution in [-0.2, 0) is 11.3 Å². The lowest BCUT2D eigenvalue weighted by Crippen LogP contribution is -2.32. The van der Waals surface area contributed by atoms with E-state index in [2.05, 4.69) is 15.3 Å². The minimum Gasteiger partial charge on any atom is -0.480 e. The van der Waals surface area contributed by atoms with E-state index in [-0.39, 0.29) is 0 Å². The van der Waals surface area contributed by atoms with Crippen LogP contribution in [0.5, 0.6) is 5.88 Å². The summed E-state index contributed by atoms with van der Waals surface area (Å²) in [5.74, 6) is 1.17. The van der Waals surface area contributed by atoms with Gasteiger partial charge in [-0.05, 0) is 25.3 Å². The highest BCUT2D eigenvalue weighted by Gasteiger charge is 2.13. The fourth-order valence-electron chi connectivity index (χ4n) is 2.01. The third-order valence-electron chi connectivity index (χ3n) is 2.92. The van der Waals surface area contributed by atoms with Gasteiger partial charge in [0, 0.05) is 18.9 Å². The molecule has 94 valence electrons. The van der Waals surface area contributed by atoms with Crippen LogP contribution >= 0.6 is 0 Å². The molecule has 17 heavy (non-hydrogen) atoms. The molecule has 0 saturated carbocycles. The van der Waals surface area contributed by atoms with Gasteiger partial charge in [0.25, 0.3) is 0 Å². The molecule has 1 aromatic heterocycles. The molecule has 0 radical (unpaired) electrons. The second-order valence-electron chi connectivity index (χ2n) is 4.24. The van der Waals surface area contributed by atoms with Gasteiger partial charge in [0.05, 0.1) is 20.3 Å². The Morgan fingerprint density at radius 3 is 3.06 bits per heavy atom. The van der Waals surface area contributed by atoms with E-state index in [1.807, 2.05) is 0 Å². The number of hydrogen-bond acceptors (Lipinski definition) is 5. The van der Waals surface area contributed by atoms with Crippen LogP contribution in [0.2, 0.25) is 0 Å². The highest BCUT2D eigenvalue weighted by molar-refractivity contribution is 5.15. The van der Waals surface area contributed by atoms with E-state index in [1.54, 1.807) is 19.5 Å². The monoisotopic (exact) mass is 237 g/mol. The molecule has 2 rings (SSSR count). The van der Waals surface area contributed by atoms with Crippen LogP contribution in [0, 0.1) is 5.92 Å². The summed E-state index contributed by atoms with van der Waals surface area (Å²) in [6.45, 7) is 3.42. The first kappa shape index (κ1) is 12.3. The number of nitrogens with one attached hydrogen (secondary N) is 1. The number of methoxy groups -OCH3 is 1. The maximum Gasteiger partial charge on any atom is 0.237 e. The van der Waals surface area contributed by atoms with Crippen LogP contribution in [0.1, 0.15) is 18.5 Å². The largest absolute Gasteiger partial charge is 0.480 e. The molecule has 1 atom stereocenters. The van der Waals surface area contributed by atoms with Crippen LogP contribution in [0.25, 0.3) is 0 Å². The molecule has 0 unspecified atom stereocenters. The van der Waals surface area contributed by atoms with Crippen molar-refractivity contribution in [3.05, 3.63) is 18.1 Å². The topological polar surface area (TPSA) is 56.3 Å². The predicted molar refractivity (Wildman–Crippen MR) is 63.8 cm³/mol. The van der Waals surface area contributed by atoms with Crippen LogP contribution in [0.3, 0.4) is 0 Å². The van der Waals surface area contributed by atoms with Crippen LogP contribution in [0.4, 0.5) is 0 Å². The first-order valence-corrected chi connectivity index (χ1v) is 6.02. The Balaban J connectivity index is 1.77. The molecule has 1 N–H and O–H groups in total. The maximum atomic E-state index is 5.68. The smallest absolute Gasteiger partial charge is 0.237 e. The van der Waals surface area contributed by atoms with Gasteiger partial charge < -0.3 is 14.8 Å². The molecule has 1 saturated heterocycles. The van der Waals surface area contributed by atoms with Gasteiger partial charge in [0.1, 0.15) is 5.69 Å². The Bertz CT molecular complexity index is 340. The van der Waals surface area contributed by atoms with Crippen molar-refractivity contribution < 1.29 is 9.47 Å². The molecular weight excluding hydrogens is 218 g/mol. The summed E-state index contributed by atoms with van der Waals surface area (Å²) in [6, 6.07) is 0. The lowest BCUT2D eigenvalue weighted by Gasteiger charge is -2.22. The first-order valence-electron chi connectivity index (χ1n) is 6.02. The van der Waals surface area contributed by atoms with E-state index in [0.29, 0.717) is 18.4 Å². The summed E-state index contributed by atoms with van der Waals surface area (Å²) in [7, 11) is 1.60. The molecule has 0 spiro atoms. The fraction of sp³-hybridized carbons (Fsp3) is 0.667. The zero-order valence-corrected chi connectivity index (χ0v) is 10.2. The molecule has 1 aliphatic heterocycles. The third-order valence-corrected chi connectivity index (χ3v) is 2.92. The minimum absolute atomic E-state index is 0.466. The van der Waals surface area contributed by atoms with Crippen LogP contribution < -0.4 is 10.1 Å². The zero-order valence-electron chi connectivity index (χ0n) is 10.2. The van der Waals surface area contributed by atoms with Gasteiger partial charge >= 0.3 is 0 Å². The van der Waals surface area contributed by atoms with E-state index in [1.165, 1.54) is 12.8 Å². The van der Waals surface area contributed by atoms with Crippen molar-refractivity contribution in [2.45, 2.75) is 19.4 Å². The van der Waals surface area contributed by atoms with Gasteiger partial charge in [-0.2, -0.15) is 0 Å². The number of ether oxygens (including phenoxy) is 2. The highest BCUT2D eigenvalue weighted by atomic mass is 16.5. The molecular formula is C12H19N3O2. The lowest BCUT2D eigenvalue weighted by molar-refractivity contribution is 0.0746. The average molecular weight is 237 g/mol. The number of aromatic nitrogens is 2. The summed E-state index contributed by atoms with van der Waals surface area (Å²) in [4.78, 5) is 8.29. The van der Waals surface area contributed by atoms with Crippen molar-refractivity contribution in [1.29, 1.82) is 0 Å². The minimum atomic E-state index is 0.466. The molecule has 0 bridgehead atoms. The average Bonchev–Trinajstić information content (AvgIpc) is 2.40. The summed E-state index contributed by atoms with van der Waals surface area (Å²) in [6.07, 6.45) is 5.75. The van der Waals surface area contributed by atoms with Crippen molar-refractivity contribution in [3.63, 3.8) is 0 Å². The zero-order chi connectivity index (χ0) is 11.9. The van der Waals surface area contributed by atoms with E-state index >= 15 is 0 Å². The third kappa shape index (κ3) is 3.64. The maximum absolute atomic E-state index is 5.68. The summed E-state index contributed by atoms with van der Waals surface area (Å²) in [5, 5.41) is 3.37. The summed E-state index contributed by atoms with van der Waals surface area (Å²) >= 11 is 0. The van der Waals surface area contributed by atoms with Gasteiger partial charge in [-0.15, -0.1) is 0 Å². The van der Waals surface area contributed by atoms with Crippen molar-refractivity contribution >= 4 is 0 Å². The summed E-state index contributed by atoms with van der Waals surface area (Å²) in [5.41, 5.74) is 0.763. The van der Waals surface area contributed by atoms with Crippen LogP contribution in [0.15, 0.2) is 12.4 Å². The van der Waals surface area contributed by atoms with E-state index < -0.39 is 0 Å². The molecule has 0 aliphatic carbocycles. The van der Waals surface area contributed by atoms with Gasteiger partial charge in [-0.1, -0.05) is 0 Å². The Morgan fingerprint density at radius 1 is 1.41 bits per heavy atom. The van der Waals surface area contributed by atoms with Crippen molar-refractivity contribution in [2.24, 2.45) is 5.92 Å². The van der Waals surface area contributed by atoms with E-state index in [0.717, 1.165) is 25.4 Å². The second-order valence-corrected chi connectivity index (χ2v) is 4.24. The summed E-state index contributed by atoms with van der Waals surface area (Å²) < 4.78 is 10.8. The molecule has 5 heteroatoms. The van der Waals surface area contributed by atoms with Gasteiger partial charge in [-0.25, -0.2) is 4.98 Å². The van der Waals surface area contributed by atoms with Crippen molar-refractivity contribution in [2.75, 3.05) is 26.8 Å². The van der Waals surface area contributed by atoms with Gasteiger partial charge in [0.15, 0.2) is 0 Å². The first-order chi connectivity index (χ1) is 8.40. The Kier molecular flexibility index (Phi) is 4.70. The van der Waals surface area contributed by atoms with E-state index in [4.69, 9.17) is 9.47 Å². The SMILES string of the molecule is COc1nccnc1COC[C@@H]1CCCNC1. The molecule has 1 fully saturated rings. The van der Waals surface area contributed by atoms with Crippen LogP contribution in [-0.4, -0.2) is 36.8 Å². The fourth-order valence-corrected chi connectivity index (χ4v) is 2.01. The Labute approximate surface area is 102 Å². The Morgan fingerprint density at radius 2 is 2.29 bits per heavy atom. The van der Waals surface area contributed by atoms with E-state index in [9.17, 15) is 0 Å². The predicted octanol–water partition coefficient (Wildman–Crippen LogP) is 1.00. The normalized spacial score (nSPS) is 20.2. The Hall–Kier alpha value is -1.20. The van der Waals surface area contributed by atoms with Gasteiger partial charge in [-0.3, -0.25) is 4.98 Å². The number of nitrogens with zero attached hydrogens (tertiary/aromatic N) is 2.